The van der Waals surface area contributed by atoms with Crippen LogP contribution >= 0.6 is 34.5 Å². The number of benzene rings is 1. The molecular weight excluding hydrogens is 310 g/mol. The zero-order chi connectivity index (χ0) is 14.2. The highest BCUT2D eigenvalue weighted by Gasteiger charge is 2.13. The molecule has 1 amide bonds. The molecular formula is C12H9Cl2FN2OS. The van der Waals surface area contributed by atoms with Crippen molar-refractivity contribution < 1.29 is 9.18 Å². The highest BCUT2D eigenvalue weighted by atomic mass is 35.5. The predicted octanol–water partition coefficient (Wildman–Crippen LogP) is 4.34. The number of carbonyl (C=O) groups is 1. The summed E-state index contributed by atoms with van der Waals surface area (Å²) in [6, 6.07) is 4.18. The van der Waals surface area contributed by atoms with Gasteiger partial charge in [0.1, 0.15) is 0 Å². The average molecular weight is 319 g/mol. The van der Waals surface area contributed by atoms with Gasteiger partial charge in [0.2, 0.25) is 0 Å². The molecule has 0 radical (unpaired) electrons. The van der Waals surface area contributed by atoms with Crippen LogP contribution in [0.3, 0.4) is 0 Å². The lowest BCUT2D eigenvalue weighted by Crippen LogP contribution is -2.10. The Bertz CT molecular complexity index is 615. The number of thiophene rings is 1. The van der Waals surface area contributed by atoms with Crippen LogP contribution < -0.4 is 11.1 Å². The van der Waals surface area contributed by atoms with E-state index in [-0.39, 0.29) is 16.0 Å². The van der Waals surface area contributed by atoms with Crippen LogP contribution in [0.1, 0.15) is 14.5 Å². The number of aryl methyl sites for hydroxylation is 1. The average Bonchev–Trinajstić information content (AvgIpc) is 2.66. The molecule has 0 fully saturated rings. The SMILES string of the molecule is Cc1sc(C(=O)Nc2cc(Cl)c(F)c(Cl)c2)cc1N. The minimum atomic E-state index is -0.711. The fourth-order valence-electron chi connectivity index (χ4n) is 1.43. The summed E-state index contributed by atoms with van der Waals surface area (Å²) in [6.07, 6.45) is 0. The van der Waals surface area contributed by atoms with Gasteiger partial charge in [-0.1, -0.05) is 23.2 Å². The molecule has 0 atom stereocenters. The van der Waals surface area contributed by atoms with Crippen LogP contribution in [0.15, 0.2) is 18.2 Å². The largest absolute Gasteiger partial charge is 0.398 e. The van der Waals surface area contributed by atoms with Crippen LogP contribution in [0.4, 0.5) is 15.8 Å². The van der Waals surface area contributed by atoms with Gasteiger partial charge in [-0.05, 0) is 25.1 Å². The fourth-order valence-corrected chi connectivity index (χ4v) is 2.75. The van der Waals surface area contributed by atoms with E-state index in [0.717, 1.165) is 4.88 Å². The Morgan fingerprint density at radius 3 is 2.37 bits per heavy atom. The lowest BCUT2D eigenvalue weighted by Gasteiger charge is -2.06. The van der Waals surface area contributed by atoms with Crippen molar-refractivity contribution in [3.8, 4) is 0 Å². The number of amides is 1. The van der Waals surface area contributed by atoms with Crippen LogP contribution in [0.25, 0.3) is 0 Å². The van der Waals surface area contributed by atoms with E-state index < -0.39 is 5.82 Å². The van der Waals surface area contributed by atoms with Gasteiger partial charge in [0.25, 0.3) is 5.91 Å². The molecule has 1 heterocycles. The quantitative estimate of drug-likeness (QED) is 0.809. The molecule has 1 aromatic carbocycles. The summed E-state index contributed by atoms with van der Waals surface area (Å²) in [5, 5.41) is 2.29. The maximum Gasteiger partial charge on any atom is 0.265 e. The minimum absolute atomic E-state index is 0.148. The van der Waals surface area contributed by atoms with Crippen molar-refractivity contribution in [1.29, 1.82) is 0 Å². The zero-order valence-electron chi connectivity index (χ0n) is 9.76. The van der Waals surface area contributed by atoms with E-state index in [1.807, 2.05) is 6.92 Å². The van der Waals surface area contributed by atoms with Crippen molar-refractivity contribution in [2.75, 3.05) is 11.1 Å². The van der Waals surface area contributed by atoms with E-state index in [9.17, 15) is 9.18 Å². The van der Waals surface area contributed by atoms with E-state index >= 15 is 0 Å². The van der Waals surface area contributed by atoms with Gasteiger partial charge < -0.3 is 11.1 Å². The first-order valence-electron chi connectivity index (χ1n) is 5.20. The number of rotatable bonds is 2. The van der Waals surface area contributed by atoms with Crippen molar-refractivity contribution >= 4 is 51.8 Å². The van der Waals surface area contributed by atoms with E-state index in [1.54, 1.807) is 6.07 Å². The third-order valence-electron chi connectivity index (χ3n) is 2.42. The van der Waals surface area contributed by atoms with E-state index in [1.165, 1.54) is 23.5 Å². The van der Waals surface area contributed by atoms with Gasteiger partial charge in [-0.2, -0.15) is 0 Å². The molecule has 0 aliphatic heterocycles. The second-order valence-electron chi connectivity index (χ2n) is 3.83. The van der Waals surface area contributed by atoms with Crippen molar-refractivity contribution in [3.05, 3.63) is 43.8 Å². The Labute approximate surface area is 123 Å². The summed E-state index contributed by atoms with van der Waals surface area (Å²) in [5.74, 6) is -1.05. The Hall–Kier alpha value is -1.30. The minimum Gasteiger partial charge on any atom is -0.398 e. The molecule has 0 saturated heterocycles. The standard InChI is InChI=1S/C12H9Cl2FN2OS/c1-5-9(16)4-10(19-5)12(18)17-6-2-7(13)11(15)8(14)3-6/h2-4H,16H2,1H3,(H,17,18). The van der Waals surface area contributed by atoms with Gasteiger partial charge in [-0.15, -0.1) is 11.3 Å². The summed E-state index contributed by atoms with van der Waals surface area (Å²) in [6.45, 7) is 1.82. The van der Waals surface area contributed by atoms with Crippen molar-refractivity contribution in [2.45, 2.75) is 6.92 Å². The highest BCUT2D eigenvalue weighted by Crippen LogP contribution is 2.29. The molecule has 0 spiro atoms. The molecule has 0 saturated carbocycles. The Morgan fingerprint density at radius 1 is 1.32 bits per heavy atom. The van der Waals surface area contributed by atoms with Crippen LogP contribution in [0.5, 0.6) is 0 Å². The maximum atomic E-state index is 13.2. The van der Waals surface area contributed by atoms with Crippen LogP contribution in [-0.2, 0) is 0 Å². The number of nitrogen functional groups attached to an aromatic ring is 1. The third kappa shape index (κ3) is 3.00. The Morgan fingerprint density at radius 2 is 1.89 bits per heavy atom. The van der Waals surface area contributed by atoms with E-state index in [2.05, 4.69) is 5.32 Å². The van der Waals surface area contributed by atoms with Crippen LogP contribution in [0, 0.1) is 12.7 Å². The lowest BCUT2D eigenvalue weighted by molar-refractivity contribution is 0.103. The summed E-state index contributed by atoms with van der Waals surface area (Å²) in [7, 11) is 0. The Balaban J connectivity index is 2.24. The number of nitrogens with two attached hydrogens (primary N) is 1. The monoisotopic (exact) mass is 318 g/mol. The number of nitrogens with one attached hydrogen (secondary N) is 1. The number of hydrogen-bond donors (Lipinski definition) is 2. The van der Waals surface area contributed by atoms with Gasteiger partial charge in [0.15, 0.2) is 5.82 Å². The summed E-state index contributed by atoms with van der Waals surface area (Å²) < 4.78 is 13.2. The normalized spacial score (nSPS) is 10.5. The third-order valence-corrected chi connectivity index (χ3v) is 4.04. The van der Waals surface area contributed by atoms with Crippen molar-refractivity contribution in [2.24, 2.45) is 0 Å². The summed E-state index contributed by atoms with van der Waals surface area (Å²) in [4.78, 5) is 13.3. The van der Waals surface area contributed by atoms with Gasteiger partial charge in [0, 0.05) is 16.3 Å². The van der Waals surface area contributed by atoms with Crippen molar-refractivity contribution in [1.82, 2.24) is 0 Å². The molecule has 0 unspecified atom stereocenters. The zero-order valence-corrected chi connectivity index (χ0v) is 12.1. The van der Waals surface area contributed by atoms with E-state index in [0.29, 0.717) is 16.3 Å². The number of hydrogen-bond acceptors (Lipinski definition) is 3. The smallest absolute Gasteiger partial charge is 0.265 e. The summed E-state index contributed by atoms with van der Waals surface area (Å²) in [5.41, 5.74) is 6.56. The van der Waals surface area contributed by atoms with Gasteiger partial charge in [0.05, 0.1) is 14.9 Å². The van der Waals surface area contributed by atoms with Gasteiger partial charge in [-0.25, -0.2) is 4.39 Å². The predicted molar refractivity (Wildman–Crippen MR) is 77.8 cm³/mol. The first-order valence-corrected chi connectivity index (χ1v) is 6.77. The molecule has 100 valence electrons. The molecule has 3 nitrogen and oxygen atoms in total. The molecule has 0 aliphatic carbocycles. The lowest BCUT2D eigenvalue weighted by atomic mass is 10.3. The number of carbonyl (C=O) groups excluding carboxylic acids is 1. The first kappa shape index (κ1) is 14.1. The molecule has 19 heavy (non-hydrogen) atoms. The maximum absolute atomic E-state index is 13.2. The highest BCUT2D eigenvalue weighted by molar-refractivity contribution is 7.14. The molecule has 2 aromatic rings. The van der Waals surface area contributed by atoms with Crippen molar-refractivity contribution in [3.63, 3.8) is 0 Å². The molecule has 7 heteroatoms. The second-order valence-corrected chi connectivity index (χ2v) is 5.90. The van der Waals surface area contributed by atoms with Crippen LogP contribution in [0.2, 0.25) is 10.0 Å². The number of anilines is 2. The van der Waals surface area contributed by atoms with Gasteiger partial charge in [-0.3, -0.25) is 4.79 Å². The second kappa shape index (κ2) is 5.36. The first-order chi connectivity index (χ1) is 8.88. The molecule has 0 bridgehead atoms. The summed E-state index contributed by atoms with van der Waals surface area (Å²) >= 11 is 12.6. The van der Waals surface area contributed by atoms with Crippen LogP contribution in [-0.4, -0.2) is 5.91 Å². The van der Waals surface area contributed by atoms with E-state index in [4.69, 9.17) is 28.9 Å². The number of halogens is 3. The molecule has 2 rings (SSSR count). The molecule has 3 N–H and O–H groups in total. The fraction of sp³-hybridized carbons (Fsp3) is 0.0833. The topological polar surface area (TPSA) is 55.1 Å². The Kier molecular flexibility index (Phi) is 3.99. The molecule has 0 aliphatic rings. The van der Waals surface area contributed by atoms with Gasteiger partial charge >= 0.3 is 0 Å². The molecule has 1 aromatic heterocycles.